The van der Waals surface area contributed by atoms with Crippen molar-refractivity contribution in [3.8, 4) is 0 Å². The molecule has 2 heteroatoms. The number of nitrogens with zero attached hydrogens (tertiary/aromatic N) is 2. The number of hydrogen-bond acceptors (Lipinski definition) is 2. The van der Waals surface area contributed by atoms with Crippen LogP contribution in [-0.4, -0.2) is 11.9 Å². The van der Waals surface area contributed by atoms with E-state index in [-0.39, 0.29) is 0 Å². The highest BCUT2D eigenvalue weighted by Crippen LogP contribution is 2.01. The Hall–Kier alpha value is -2.48. The zero-order valence-electron chi connectivity index (χ0n) is 10.9. The van der Waals surface area contributed by atoms with Crippen molar-refractivity contribution >= 4 is 18.0 Å². The fourth-order valence-electron chi connectivity index (χ4n) is 1.61. The molecule has 0 bridgehead atoms. The van der Waals surface area contributed by atoms with E-state index in [1.165, 1.54) is 0 Å². The molecule has 0 unspecified atom stereocenters. The molecule has 0 amide bonds. The standard InChI is InChI=1S/C17H16N2/c1-15(17-12-6-3-7-13-17)19-18-14-8-11-16-9-4-2-5-10-16/h2-14H,1H3/b11-8+,18-14?,19-15?. The van der Waals surface area contributed by atoms with Gasteiger partial charge in [-0.25, -0.2) is 0 Å². The molecule has 2 rings (SSSR count). The molecule has 0 heterocycles. The van der Waals surface area contributed by atoms with Gasteiger partial charge in [-0.2, -0.15) is 10.2 Å². The predicted octanol–water partition coefficient (Wildman–Crippen LogP) is 4.19. The van der Waals surface area contributed by atoms with Crippen molar-refractivity contribution < 1.29 is 0 Å². The van der Waals surface area contributed by atoms with Gasteiger partial charge in [0.2, 0.25) is 0 Å². The van der Waals surface area contributed by atoms with Crippen molar-refractivity contribution in [3.63, 3.8) is 0 Å². The van der Waals surface area contributed by atoms with E-state index in [9.17, 15) is 0 Å². The van der Waals surface area contributed by atoms with Crippen LogP contribution in [0.3, 0.4) is 0 Å². The molecule has 0 radical (unpaired) electrons. The molecule has 0 N–H and O–H groups in total. The molecule has 0 aliphatic rings. The maximum Gasteiger partial charge on any atom is 0.0671 e. The second kappa shape index (κ2) is 7.07. The van der Waals surface area contributed by atoms with Gasteiger partial charge in [0.15, 0.2) is 0 Å². The lowest BCUT2D eigenvalue weighted by atomic mass is 10.1. The minimum atomic E-state index is 0.907. The summed E-state index contributed by atoms with van der Waals surface area (Å²) in [6.07, 6.45) is 5.58. The monoisotopic (exact) mass is 248 g/mol. The van der Waals surface area contributed by atoms with Crippen LogP contribution in [0.4, 0.5) is 0 Å². The van der Waals surface area contributed by atoms with E-state index in [4.69, 9.17) is 0 Å². The van der Waals surface area contributed by atoms with Gasteiger partial charge in [-0.3, -0.25) is 0 Å². The SMILES string of the molecule is CC(=NN=C/C=C/c1ccccc1)c1ccccc1. The van der Waals surface area contributed by atoms with Crippen molar-refractivity contribution in [1.29, 1.82) is 0 Å². The third-order valence-electron chi connectivity index (χ3n) is 2.64. The highest BCUT2D eigenvalue weighted by atomic mass is 15.2. The van der Waals surface area contributed by atoms with Crippen LogP contribution in [0, 0.1) is 0 Å². The number of rotatable bonds is 4. The van der Waals surface area contributed by atoms with Crippen LogP contribution in [0.15, 0.2) is 76.9 Å². The summed E-state index contributed by atoms with van der Waals surface area (Å²) < 4.78 is 0. The van der Waals surface area contributed by atoms with Gasteiger partial charge in [-0.15, -0.1) is 0 Å². The number of benzene rings is 2. The number of hydrogen-bond donors (Lipinski definition) is 0. The lowest BCUT2D eigenvalue weighted by molar-refractivity contribution is 1.24. The predicted molar refractivity (Wildman–Crippen MR) is 82.6 cm³/mol. The average Bonchev–Trinajstić information content (AvgIpc) is 2.49. The lowest BCUT2D eigenvalue weighted by Gasteiger charge is -1.95. The first-order chi connectivity index (χ1) is 9.36. The van der Waals surface area contributed by atoms with Crippen LogP contribution in [-0.2, 0) is 0 Å². The van der Waals surface area contributed by atoms with Gasteiger partial charge in [-0.1, -0.05) is 66.7 Å². The van der Waals surface area contributed by atoms with Crippen LogP contribution in [0.25, 0.3) is 6.08 Å². The van der Waals surface area contributed by atoms with Crippen LogP contribution < -0.4 is 0 Å². The minimum absolute atomic E-state index is 0.907. The Labute approximate surface area is 113 Å². The van der Waals surface area contributed by atoms with E-state index in [0.717, 1.165) is 16.8 Å². The minimum Gasteiger partial charge on any atom is -0.159 e. The van der Waals surface area contributed by atoms with Crippen molar-refractivity contribution in [3.05, 3.63) is 77.9 Å². The van der Waals surface area contributed by atoms with Crippen LogP contribution in [0.5, 0.6) is 0 Å². The molecule has 2 aromatic carbocycles. The molecule has 0 atom stereocenters. The summed E-state index contributed by atoms with van der Waals surface area (Å²) in [6, 6.07) is 20.1. The highest BCUT2D eigenvalue weighted by molar-refractivity contribution is 5.98. The topological polar surface area (TPSA) is 24.7 Å². The maximum atomic E-state index is 4.16. The zero-order chi connectivity index (χ0) is 13.3. The summed E-state index contributed by atoms with van der Waals surface area (Å²) in [4.78, 5) is 0. The molecule has 0 aliphatic carbocycles. The Bertz CT molecular complexity index is 581. The normalized spacial score (nSPS) is 12.4. The molecule has 0 spiro atoms. The van der Waals surface area contributed by atoms with Gasteiger partial charge in [0, 0.05) is 6.21 Å². The van der Waals surface area contributed by atoms with E-state index in [2.05, 4.69) is 10.2 Å². The van der Waals surface area contributed by atoms with E-state index in [1.54, 1.807) is 6.21 Å². The third kappa shape index (κ3) is 4.36. The highest BCUT2D eigenvalue weighted by Gasteiger charge is 1.92. The quantitative estimate of drug-likeness (QED) is 0.572. The molecule has 2 nitrogen and oxygen atoms in total. The molecule has 0 aromatic heterocycles. The van der Waals surface area contributed by atoms with Crippen LogP contribution in [0.1, 0.15) is 18.1 Å². The fraction of sp³-hybridized carbons (Fsp3) is 0.0588. The van der Waals surface area contributed by atoms with Crippen LogP contribution >= 0.6 is 0 Å². The molecular weight excluding hydrogens is 232 g/mol. The van der Waals surface area contributed by atoms with Crippen molar-refractivity contribution in [2.45, 2.75) is 6.92 Å². The second-order valence-corrected chi connectivity index (χ2v) is 4.09. The summed E-state index contributed by atoms with van der Waals surface area (Å²) in [5.41, 5.74) is 3.15. The largest absolute Gasteiger partial charge is 0.159 e. The molecule has 0 aliphatic heterocycles. The van der Waals surface area contributed by atoms with Gasteiger partial charge in [0.25, 0.3) is 0 Å². The zero-order valence-corrected chi connectivity index (χ0v) is 10.9. The Morgan fingerprint density at radius 1 is 0.895 bits per heavy atom. The summed E-state index contributed by atoms with van der Waals surface area (Å²) in [7, 11) is 0. The lowest BCUT2D eigenvalue weighted by Crippen LogP contribution is -1.92. The molecular formula is C17H16N2. The fourth-order valence-corrected chi connectivity index (χ4v) is 1.61. The van der Waals surface area contributed by atoms with Crippen molar-refractivity contribution in [1.82, 2.24) is 0 Å². The first-order valence-corrected chi connectivity index (χ1v) is 6.21. The first kappa shape index (κ1) is 13.0. The Kier molecular flexibility index (Phi) is 4.82. The smallest absolute Gasteiger partial charge is 0.0671 e. The average molecular weight is 248 g/mol. The second-order valence-electron chi connectivity index (χ2n) is 4.09. The first-order valence-electron chi connectivity index (χ1n) is 6.21. The Morgan fingerprint density at radius 3 is 2.21 bits per heavy atom. The van der Waals surface area contributed by atoms with Gasteiger partial charge in [0.05, 0.1) is 5.71 Å². The van der Waals surface area contributed by atoms with Gasteiger partial charge < -0.3 is 0 Å². The van der Waals surface area contributed by atoms with E-state index < -0.39 is 0 Å². The molecule has 94 valence electrons. The van der Waals surface area contributed by atoms with E-state index >= 15 is 0 Å². The molecule has 0 fully saturated rings. The van der Waals surface area contributed by atoms with E-state index in [1.807, 2.05) is 79.7 Å². The third-order valence-corrected chi connectivity index (χ3v) is 2.64. The Balaban J connectivity index is 1.95. The summed E-state index contributed by atoms with van der Waals surface area (Å²) in [5, 5.41) is 8.20. The van der Waals surface area contributed by atoms with E-state index in [0.29, 0.717) is 0 Å². The van der Waals surface area contributed by atoms with Gasteiger partial charge in [-0.05, 0) is 24.1 Å². The van der Waals surface area contributed by atoms with Crippen molar-refractivity contribution in [2.75, 3.05) is 0 Å². The molecule has 0 saturated heterocycles. The van der Waals surface area contributed by atoms with Gasteiger partial charge in [0.1, 0.15) is 0 Å². The van der Waals surface area contributed by atoms with Crippen molar-refractivity contribution in [2.24, 2.45) is 10.2 Å². The maximum absolute atomic E-state index is 4.16. The molecule has 2 aromatic rings. The van der Waals surface area contributed by atoms with Gasteiger partial charge >= 0.3 is 0 Å². The van der Waals surface area contributed by atoms with Crippen LogP contribution in [0.2, 0.25) is 0 Å². The molecule has 19 heavy (non-hydrogen) atoms. The molecule has 0 saturated carbocycles. The summed E-state index contributed by atoms with van der Waals surface area (Å²) in [5.74, 6) is 0. The summed E-state index contributed by atoms with van der Waals surface area (Å²) >= 11 is 0. The number of allylic oxidation sites excluding steroid dienone is 1. The summed E-state index contributed by atoms with van der Waals surface area (Å²) in [6.45, 7) is 1.95. The Morgan fingerprint density at radius 2 is 1.53 bits per heavy atom.